The molecule has 0 spiro atoms. The van der Waals surface area contributed by atoms with Gasteiger partial charge in [0.2, 0.25) is 11.9 Å². The first kappa shape index (κ1) is 26.7. The van der Waals surface area contributed by atoms with Gasteiger partial charge in [-0.1, -0.05) is 22.8 Å². The molecule has 10 nitrogen and oxygen atoms in total. The van der Waals surface area contributed by atoms with Gasteiger partial charge in [-0.25, -0.2) is 14.4 Å². The smallest absolute Gasteiger partial charge is 0.316 e. The van der Waals surface area contributed by atoms with Crippen LogP contribution in [0.3, 0.4) is 0 Å². The number of methoxy groups -OCH3 is 1. The second-order valence-electron chi connectivity index (χ2n) is 10.8. The number of hydrogen-bond donors (Lipinski definition) is 0. The van der Waals surface area contributed by atoms with E-state index in [9.17, 15) is 9.18 Å². The second kappa shape index (κ2) is 11.6. The number of benzene rings is 1. The number of anilines is 1. The number of ether oxygens (including phenoxy) is 2. The number of carbonyl (C=O) groups excluding carboxylic acids is 1. The molecule has 212 valence electrons. The van der Waals surface area contributed by atoms with E-state index in [2.05, 4.69) is 25.1 Å². The summed E-state index contributed by atoms with van der Waals surface area (Å²) in [6.45, 7) is 3.87. The summed E-state index contributed by atoms with van der Waals surface area (Å²) in [5.74, 6) is 3.48. The van der Waals surface area contributed by atoms with Crippen LogP contribution < -0.4 is 14.4 Å². The van der Waals surface area contributed by atoms with E-state index in [-0.39, 0.29) is 12.3 Å². The predicted octanol–water partition coefficient (Wildman–Crippen LogP) is 3.78. The van der Waals surface area contributed by atoms with Crippen LogP contribution in [0.25, 0.3) is 0 Å². The molecule has 2 unspecified atom stereocenters. The summed E-state index contributed by atoms with van der Waals surface area (Å²) in [5, 5.41) is 8.61. The molecule has 0 bridgehead atoms. The minimum atomic E-state index is -0.423. The van der Waals surface area contributed by atoms with E-state index < -0.39 is 5.82 Å². The van der Waals surface area contributed by atoms with Crippen molar-refractivity contribution in [3.8, 4) is 11.8 Å². The third-order valence-electron chi connectivity index (χ3n) is 8.39. The average Bonchev–Trinajstić information content (AvgIpc) is 3.63. The predicted molar refractivity (Wildman–Crippen MR) is 146 cm³/mol. The topological polar surface area (TPSA) is 98.5 Å². The summed E-state index contributed by atoms with van der Waals surface area (Å²) in [5.41, 5.74) is 0.361. The molecule has 0 N–H and O–H groups in total. The number of fused-ring (bicyclic) bond motifs is 1. The molecular formula is C28H33ClFN7O3. The van der Waals surface area contributed by atoms with Crippen molar-refractivity contribution >= 4 is 23.5 Å². The number of aromatic nitrogens is 5. The van der Waals surface area contributed by atoms with Crippen LogP contribution in [-0.4, -0.2) is 68.9 Å². The van der Waals surface area contributed by atoms with Gasteiger partial charge in [-0.3, -0.25) is 9.36 Å². The van der Waals surface area contributed by atoms with Gasteiger partial charge in [0, 0.05) is 32.2 Å². The summed E-state index contributed by atoms with van der Waals surface area (Å²) in [7, 11) is 1.54. The van der Waals surface area contributed by atoms with Crippen molar-refractivity contribution < 1.29 is 18.7 Å². The Balaban J connectivity index is 0.924. The quantitative estimate of drug-likeness (QED) is 0.384. The highest BCUT2D eigenvalue weighted by molar-refractivity contribution is 6.30. The van der Waals surface area contributed by atoms with Crippen LogP contribution >= 0.6 is 11.6 Å². The minimum Gasteiger partial charge on any atom is -0.493 e. The molecule has 2 aliphatic heterocycles. The highest BCUT2D eigenvalue weighted by Gasteiger charge is 2.43. The third kappa shape index (κ3) is 5.84. The molecule has 1 aromatic carbocycles. The number of nitrogens with zero attached hydrogens (tertiary/aromatic N) is 7. The molecule has 3 aromatic rings. The molecule has 1 saturated heterocycles. The average molecular weight is 570 g/mol. The lowest BCUT2D eigenvalue weighted by atomic mass is 9.90. The first-order valence-corrected chi connectivity index (χ1v) is 14.2. The number of piperidine rings is 1. The van der Waals surface area contributed by atoms with Gasteiger partial charge in [0.05, 0.1) is 44.1 Å². The maximum absolute atomic E-state index is 14.8. The first-order chi connectivity index (χ1) is 19.5. The zero-order valence-electron chi connectivity index (χ0n) is 22.5. The van der Waals surface area contributed by atoms with Gasteiger partial charge in [-0.2, -0.15) is 0 Å². The van der Waals surface area contributed by atoms with E-state index in [0.717, 1.165) is 50.1 Å². The van der Waals surface area contributed by atoms with E-state index >= 15 is 0 Å². The van der Waals surface area contributed by atoms with E-state index in [4.69, 9.17) is 21.1 Å². The first-order valence-electron chi connectivity index (χ1n) is 13.9. The van der Waals surface area contributed by atoms with E-state index in [1.165, 1.54) is 12.5 Å². The molecule has 2 atom stereocenters. The molecule has 4 heterocycles. The lowest BCUT2D eigenvalue weighted by molar-refractivity contribution is -0.132. The Hall–Kier alpha value is -3.47. The van der Waals surface area contributed by atoms with Crippen molar-refractivity contribution in [2.24, 2.45) is 17.8 Å². The van der Waals surface area contributed by atoms with Gasteiger partial charge >= 0.3 is 6.01 Å². The van der Waals surface area contributed by atoms with Crippen molar-refractivity contribution in [2.45, 2.75) is 45.2 Å². The van der Waals surface area contributed by atoms with Crippen molar-refractivity contribution in [3.63, 3.8) is 0 Å². The maximum Gasteiger partial charge on any atom is 0.316 e. The van der Waals surface area contributed by atoms with Crippen LogP contribution in [0.15, 0.2) is 30.6 Å². The Morgan fingerprint density at radius 1 is 1.12 bits per heavy atom. The van der Waals surface area contributed by atoms with Gasteiger partial charge in [0.1, 0.15) is 11.6 Å². The van der Waals surface area contributed by atoms with Gasteiger partial charge in [-0.15, -0.1) is 5.10 Å². The lowest BCUT2D eigenvalue weighted by Crippen LogP contribution is -2.39. The monoisotopic (exact) mass is 569 g/mol. The fraction of sp³-hybridized carbons (Fsp3) is 0.536. The van der Waals surface area contributed by atoms with Crippen LogP contribution in [0.1, 0.15) is 37.1 Å². The van der Waals surface area contributed by atoms with Gasteiger partial charge in [0.25, 0.3) is 0 Å². The number of carbonyl (C=O) groups is 1. The second-order valence-corrected chi connectivity index (χ2v) is 11.3. The molecule has 12 heteroatoms. The molecule has 6 rings (SSSR count). The molecule has 1 saturated carbocycles. The van der Waals surface area contributed by atoms with Crippen LogP contribution in [0, 0.1) is 23.6 Å². The summed E-state index contributed by atoms with van der Waals surface area (Å²) in [6.07, 6.45) is 7.78. The zero-order valence-corrected chi connectivity index (χ0v) is 23.3. The standard InChI is InChI=1S/C28H33ClFN7O3/c1-39-28-34-33-25-17-36(9-10-37(25)28)26(38)13-20-2-3-22(14-24(20)30)40-11-6-19-12-23(19)18-4-7-35(8-5-18)27-31-15-21(29)16-32-27/h2-3,14-16,18-19,23H,4-13,17H2,1H3. The number of hydrogen-bond acceptors (Lipinski definition) is 8. The maximum atomic E-state index is 14.8. The Morgan fingerprint density at radius 2 is 1.93 bits per heavy atom. The van der Waals surface area contributed by atoms with E-state index in [1.54, 1.807) is 36.5 Å². The fourth-order valence-corrected chi connectivity index (χ4v) is 6.13. The molecule has 40 heavy (non-hydrogen) atoms. The number of rotatable bonds is 9. The van der Waals surface area contributed by atoms with E-state index in [1.807, 2.05) is 4.57 Å². The summed E-state index contributed by atoms with van der Waals surface area (Å²) in [4.78, 5) is 25.4. The van der Waals surface area contributed by atoms with Crippen molar-refractivity contribution in [3.05, 3.63) is 52.8 Å². The normalized spacial score (nSPS) is 20.8. The van der Waals surface area contributed by atoms with Gasteiger partial charge < -0.3 is 19.3 Å². The summed E-state index contributed by atoms with van der Waals surface area (Å²) >= 11 is 5.90. The molecule has 3 aliphatic rings. The van der Waals surface area contributed by atoms with Crippen LogP contribution in [0.4, 0.5) is 10.3 Å². The Bertz CT molecular complexity index is 1350. The molecule has 2 fully saturated rings. The fourth-order valence-electron chi connectivity index (χ4n) is 6.04. The highest BCUT2D eigenvalue weighted by atomic mass is 35.5. The van der Waals surface area contributed by atoms with Crippen molar-refractivity contribution in [2.75, 3.05) is 38.3 Å². The largest absolute Gasteiger partial charge is 0.493 e. The molecular weight excluding hydrogens is 537 g/mol. The summed E-state index contributed by atoms with van der Waals surface area (Å²) < 4.78 is 27.7. The molecule has 0 radical (unpaired) electrons. The van der Waals surface area contributed by atoms with Crippen molar-refractivity contribution in [1.82, 2.24) is 29.6 Å². The molecule has 2 aromatic heterocycles. The van der Waals surface area contributed by atoms with Gasteiger partial charge in [0.15, 0.2) is 5.82 Å². The Labute approximate surface area is 237 Å². The highest BCUT2D eigenvalue weighted by Crippen LogP contribution is 2.49. The number of halogens is 2. The molecule has 1 aliphatic carbocycles. The van der Waals surface area contributed by atoms with Crippen LogP contribution in [-0.2, 0) is 24.3 Å². The lowest BCUT2D eigenvalue weighted by Gasteiger charge is -2.32. The minimum absolute atomic E-state index is 0.00982. The molecule has 1 amide bonds. The SMILES string of the molecule is COc1nnc2n1CCN(C(=O)Cc1ccc(OCCC3CC3C3CCN(c4ncc(Cl)cn4)CC3)cc1F)C2. The van der Waals surface area contributed by atoms with Crippen molar-refractivity contribution in [1.29, 1.82) is 0 Å². The van der Waals surface area contributed by atoms with Crippen LogP contribution in [0.5, 0.6) is 11.8 Å². The summed E-state index contributed by atoms with van der Waals surface area (Å²) in [6, 6.07) is 5.23. The van der Waals surface area contributed by atoms with E-state index in [0.29, 0.717) is 60.3 Å². The Kier molecular flexibility index (Phi) is 7.73. The zero-order chi connectivity index (χ0) is 27.6. The third-order valence-corrected chi connectivity index (χ3v) is 8.59. The number of amides is 1. The van der Waals surface area contributed by atoms with Crippen LogP contribution in [0.2, 0.25) is 5.02 Å². The van der Waals surface area contributed by atoms with Gasteiger partial charge in [-0.05, 0) is 55.1 Å². The Morgan fingerprint density at radius 3 is 2.67 bits per heavy atom.